The summed E-state index contributed by atoms with van der Waals surface area (Å²) in [5.41, 5.74) is 14.3. The van der Waals surface area contributed by atoms with E-state index < -0.39 is 5.41 Å². The fourth-order valence-corrected chi connectivity index (χ4v) is 8.49. The number of hydrogen-bond acceptors (Lipinski definition) is 4. The van der Waals surface area contributed by atoms with Crippen LogP contribution >= 0.6 is 0 Å². The third kappa shape index (κ3) is 3.62. The van der Waals surface area contributed by atoms with Gasteiger partial charge in [0, 0.05) is 33.0 Å². The van der Waals surface area contributed by atoms with Crippen LogP contribution in [0.4, 0.5) is 0 Å². The van der Waals surface area contributed by atoms with Crippen LogP contribution in [0, 0.1) is 0 Å². The first-order valence-electron chi connectivity index (χ1n) is 17.0. The van der Waals surface area contributed by atoms with E-state index in [0.29, 0.717) is 17.5 Å². The molecule has 0 saturated heterocycles. The Morgan fingerprint density at radius 1 is 0.380 bits per heavy atom. The van der Waals surface area contributed by atoms with Gasteiger partial charge in [-0.1, -0.05) is 146 Å². The molecule has 2 aliphatic rings. The van der Waals surface area contributed by atoms with Gasteiger partial charge in [0.1, 0.15) is 11.2 Å². The molecule has 0 amide bonds. The molecule has 2 aromatic heterocycles. The van der Waals surface area contributed by atoms with E-state index in [4.69, 9.17) is 19.4 Å². The lowest BCUT2D eigenvalue weighted by Crippen LogP contribution is -2.25. The number of furan rings is 1. The highest BCUT2D eigenvalue weighted by molar-refractivity contribution is 6.13. The van der Waals surface area contributed by atoms with Crippen molar-refractivity contribution in [1.82, 2.24) is 15.0 Å². The minimum absolute atomic E-state index is 0.413. The second-order valence-corrected chi connectivity index (χ2v) is 13.1. The first-order chi connectivity index (χ1) is 24.8. The summed E-state index contributed by atoms with van der Waals surface area (Å²) in [6.45, 7) is 0. The van der Waals surface area contributed by atoms with Crippen LogP contribution in [0.5, 0.6) is 0 Å². The molecule has 0 bridgehead atoms. The zero-order valence-electron chi connectivity index (χ0n) is 26.8. The van der Waals surface area contributed by atoms with Crippen LogP contribution in [-0.2, 0) is 5.41 Å². The maximum atomic E-state index is 6.85. The Morgan fingerprint density at radius 2 is 0.880 bits per heavy atom. The summed E-state index contributed by atoms with van der Waals surface area (Å²) in [6.07, 6.45) is 0. The summed E-state index contributed by atoms with van der Waals surface area (Å²) in [6, 6.07) is 57.7. The number of nitrogens with zero attached hydrogens (tertiary/aromatic N) is 3. The summed E-state index contributed by atoms with van der Waals surface area (Å²) in [5.74, 6) is 1.91. The highest BCUT2D eigenvalue weighted by atomic mass is 16.3. The van der Waals surface area contributed by atoms with Crippen molar-refractivity contribution in [3.63, 3.8) is 0 Å². The molecule has 0 fully saturated rings. The molecule has 0 radical (unpaired) electrons. The Hall–Kier alpha value is -6.65. The van der Waals surface area contributed by atoms with Gasteiger partial charge >= 0.3 is 0 Å². The maximum Gasteiger partial charge on any atom is 0.164 e. The molecule has 4 heteroatoms. The van der Waals surface area contributed by atoms with E-state index in [2.05, 4.69) is 103 Å². The molecule has 7 aromatic carbocycles. The van der Waals surface area contributed by atoms with Crippen molar-refractivity contribution < 1.29 is 4.42 Å². The molecule has 9 aromatic rings. The van der Waals surface area contributed by atoms with Gasteiger partial charge in [-0.25, -0.2) is 15.0 Å². The zero-order chi connectivity index (χ0) is 32.8. The van der Waals surface area contributed by atoms with Gasteiger partial charge in [-0.2, -0.15) is 0 Å². The van der Waals surface area contributed by atoms with Crippen molar-refractivity contribution in [2.24, 2.45) is 0 Å². The molecule has 2 aliphatic carbocycles. The average molecular weight is 638 g/mol. The van der Waals surface area contributed by atoms with Gasteiger partial charge in [0.2, 0.25) is 0 Å². The number of hydrogen-bond donors (Lipinski definition) is 0. The van der Waals surface area contributed by atoms with E-state index in [1.807, 2.05) is 60.7 Å². The normalized spacial score (nSPS) is 13.4. The smallest absolute Gasteiger partial charge is 0.164 e. The van der Waals surface area contributed by atoms with Gasteiger partial charge in [-0.15, -0.1) is 0 Å². The SMILES string of the molecule is c1ccc(-c2nc(-c3ccccc3)nc(-c3ccc4oc5c6c(ccc5c4c3)C3(c4ccccc4-c4ccccc43)c3ccccc3-6)n2)cc1. The molecule has 0 atom stereocenters. The molecule has 11 rings (SSSR count). The first-order valence-corrected chi connectivity index (χ1v) is 17.0. The second kappa shape index (κ2) is 10.2. The Kier molecular flexibility index (Phi) is 5.56. The van der Waals surface area contributed by atoms with Gasteiger partial charge < -0.3 is 4.42 Å². The lowest BCUT2D eigenvalue weighted by Gasteiger charge is -2.30. The summed E-state index contributed by atoms with van der Waals surface area (Å²) in [5, 5.41) is 2.11. The van der Waals surface area contributed by atoms with E-state index in [-0.39, 0.29) is 0 Å². The van der Waals surface area contributed by atoms with Crippen LogP contribution in [0.3, 0.4) is 0 Å². The van der Waals surface area contributed by atoms with E-state index in [1.54, 1.807) is 0 Å². The van der Waals surface area contributed by atoms with Gasteiger partial charge in [0.25, 0.3) is 0 Å². The van der Waals surface area contributed by atoms with Crippen LogP contribution in [0.15, 0.2) is 168 Å². The molecule has 0 N–H and O–H groups in total. The second-order valence-electron chi connectivity index (χ2n) is 13.1. The summed E-state index contributed by atoms with van der Waals surface area (Å²) in [7, 11) is 0. The molecule has 1 spiro atoms. The molecule has 0 aliphatic heterocycles. The minimum Gasteiger partial charge on any atom is -0.455 e. The standard InChI is InChI=1S/C46H27N3O/c1-3-13-28(14-4-1)43-47-44(29-15-5-2-6-16-29)49-45(48-43)30-23-26-40-35(27-30)33-24-25-39-41(42(33)50-40)34-19-9-12-22-38(34)46(39)36-20-10-7-17-31(36)32-18-8-11-21-37(32)46/h1-27H. The Balaban J connectivity index is 1.15. The lowest BCUT2D eigenvalue weighted by molar-refractivity contribution is 0.669. The fraction of sp³-hybridized carbons (Fsp3) is 0.0217. The van der Waals surface area contributed by atoms with Crippen LogP contribution in [0.25, 0.3) is 78.4 Å². The maximum absolute atomic E-state index is 6.85. The summed E-state index contributed by atoms with van der Waals surface area (Å²) < 4.78 is 6.85. The third-order valence-corrected chi connectivity index (χ3v) is 10.6. The molecule has 0 unspecified atom stereocenters. The summed E-state index contributed by atoms with van der Waals surface area (Å²) in [4.78, 5) is 14.9. The number of rotatable bonds is 3. The molecular formula is C46H27N3O. The van der Waals surface area contributed by atoms with Crippen LogP contribution < -0.4 is 0 Å². The molecular weight excluding hydrogens is 611 g/mol. The number of benzene rings is 7. The number of aromatic nitrogens is 3. The topological polar surface area (TPSA) is 51.8 Å². The highest BCUT2D eigenvalue weighted by Gasteiger charge is 2.52. The Bertz CT molecular complexity index is 2720. The van der Waals surface area contributed by atoms with Gasteiger partial charge in [-0.05, 0) is 57.1 Å². The first kappa shape index (κ1) is 27.3. The molecule has 2 heterocycles. The van der Waals surface area contributed by atoms with Crippen LogP contribution in [0.2, 0.25) is 0 Å². The van der Waals surface area contributed by atoms with E-state index in [9.17, 15) is 0 Å². The average Bonchev–Trinajstić information content (AvgIpc) is 3.82. The molecule has 0 saturated carbocycles. The van der Waals surface area contributed by atoms with Crippen molar-refractivity contribution in [1.29, 1.82) is 0 Å². The van der Waals surface area contributed by atoms with Crippen LogP contribution in [0.1, 0.15) is 22.3 Å². The molecule has 50 heavy (non-hydrogen) atoms. The predicted molar refractivity (Wildman–Crippen MR) is 200 cm³/mol. The van der Waals surface area contributed by atoms with Crippen molar-refractivity contribution in [2.45, 2.75) is 5.41 Å². The van der Waals surface area contributed by atoms with Crippen molar-refractivity contribution in [3.05, 3.63) is 186 Å². The monoisotopic (exact) mass is 637 g/mol. The van der Waals surface area contributed by atoms with Gasteiger partial charge in [-0.3, -0.25) is 0 Å². The number of fused-ring (bicyclic) bond motifs is 14. The van der Waals surface area contributed by atoms with Crippen molar-refractivity contribution in [2.75, 3.05) is 0 Å². The quantitative estimate of drug-likeness (QED) is 0.193. The predicted octanol–water partition coefficient (Wildman–Crippen LogP) is 11.1. The van der Waals surface area contributed by atoms with E-state index in [1.165, 1.54) is 44.5 Å². The third-order valence-electron chi connectivity index (χ3n) is 10.6. The highest BCUT2D eigenvalue weighted by Crippen LogP contribution is 2.64. The Morgan fingerprint density at radius 3 is 1.48 bits per heavy atom. The summed E-state index contributed by atoms with van der Waals surface area (Å²) >= 11 is 0. The molecule has 232 valence electrons. The van der Waals surface area contributed by atoms with Gasteiger partial charge in [0.15, 0.2) is 17.5 Å². The largest absolute Gasteiger partial charge is 0.455 e. The fourth-order valence-electron chi connectivity index (χ4n) is 8.49. The van der Waals surface area contributed by atoms with Crippen LogP contribution in [-0.4, -0.2) is 15.0 Å². The Labute approximate surface area is 288 Å². The van der Waals surface area contributed by atoms with E-state index in [0.717, 1.165) is 38.6 Å². The van der Waals surface area contributed by atoms with Crippen molar-refractivity contribution in [3.8, 4) is 56.4 Å². The molecule has 4 nitrogen and oxygen atoms in total. The van der Waals surface area contributed by atoms with Gasteiger partial charge in [0.05, 0.1) is 5.41 Å². The van der Waals surface area contributed by atoms with Crippen molar-refractivity contribution >= 4 is 21.9 Å². The zero-order valence-corrected chi connectivity index (χ0v) is 26.8. The lowest BCUT2D eigenvalue weighted by atomic mass is 9.70. The van der Waals surface area contributed by atoms with E-state index >= 15 is 0 Å². The minimum atomic E-state index is -0.413.